The first-order valence-corrected chi connectivity index (χ1v) is 8.62. The van der Waals surface area contributed by atoms with Gasteiger partial charge in [0.05, 0.1) is 11.4 Å². The molecule has 6 nitrogen and oxygen atoms in total. The van der Waals surface area contributed by atoms with E-state index in [4.69, 9.17) is 4.74 Å². The van der Waals surface area contributed by atoms with Crippen molar-refractivity contribution >= 4 is 21.8 Å². The normalized spacial score (nSPS) is 18.0. The van der Waals surface area contributed by atoms with Gasteiger partial charge in [-0.05, 0) is 24.3 Å². The Bertz CT molecular complexity index is 778. The fourth-order valence-electron chi connectivity index (χ4n) is 2.33. The van der Waals surface area contributed by atoms with E-state index in [1.807, 2.05) is 18.2 Å². The standard InChI is InChI=1S/C16H16N2O4S/c19-16-18(13-7-3-1-4-8-13)12-14(22-16)11-17-23(20,21)15-9-5-2-6-10-15/h1-10,14,17H,11-12H2. The van der Waals surface area contributed by atoms with Crippen molar-refractivity contribution in [3.05, 3.63) is 60.7 Å². The van der Waals surface area contributed by atoms with E-state index in [9.17, 15) is 13.2 Å². The molecule has 0 bridgehead atoms. The minimum absolute atomic E-state index is 0.0340. The number of cyclic esters (lactones) is 1. The highest BCUT2D eigenvalue weighted by molar-refractivity contribution is 7.89. The molecule has 1 atom stereocenters. The average Bonchev–Trinajstić information content (AvgIpc) is 2.96. The molecule has 0 aliphatic carbocycles. The molecule has 2 aromatic carbocycles. The molecule has 23 heavy (non-hydrogen) atoms. The van der Waals surface area contributed by atoms with Gasteiger partial charge in [0.1, 0.15) is 6.10 Å². The van der Waals surface area contributed by atoms with Crippen molar-refractivity contribution in [2.75, 3.05) is 18.0 Å². The number of carbonyl (C=O) groups excluding carboxylic acids is 1. The van der Waals surface area contributed by atoms with E-state index in [0.717, 1.165) is 5.69 Å². The van der Waals surface area contributed by atoms with Gasteiger partial charge in [0, 0.05) is 12.2 Å². The number of para-hydroxylation sites is 1. The van der Waals surface area contributed by atoms with Gasteiger partial charge in [-0.3, -0.25) is 4.90 Å². The second-order valence-electron chi connectivity index (χ2n) is 5.12. The molecule has 0 spiro atoms. The Morgan fingerprint density at radius 3 is 2.30 bits per heavy atom. The molecule has 1 amide bonds. The first kappa shape index (κ1) is 15.5. The van der Waals surface area contributed by atoms with Crippen LogP contribution >= 0.6 is 0 Å². The summed E-state index contributed by atoms with van der Waals surface area (Å²) >= 11 is 0. The third-order valence-electron chi connectivity index (χ3n) is 3.50. The topological polar surface area (TPSA) is 75.7 Å². The number of nitrogens with one attached hydrogen (secondary N) is 1. The Kier molecular flexibility index (Phi) is 4.31. The smallest absolute Gasteiger partial charge is 0.414 e. The first-order chi connectivity index (χ1) is 11.1. The molecule has 0 saturated carbocycles. The summed E-state index contributed by atoms with van der Waals surface area (Å²) in [5.41, 5.74) is 0.728. The van der Waals surface area contributed by atoms with Crippen molar-refractivity contribution in [3.8, 4) is 0 Å². The van der Waals surface area contributed by atoms with E-state index in [1.54, 1.807) is 30.3 Å². The van der Waals surface area contributed by atoms with Crippen molar-refractivity contribution in [1.29, 1.82) is 0 Å². The number of anilines is 1. The zero-order valence-corrected chi connectivity index (χ0v) is 13.1. The Balaban J connectivity index is 1.63. The highest BCUT2D eigenvalue weighted by Crippen LogP contribution is 2.21. The highest BCUT2D eigenvalue weighted by atomic mass is 32.2. The van der Waals surface area contributed by atoms with Crippen LogP contribution < -0.4 is 9.62 Å². The molecular formula is C16H16N2O4S. The highest BCUT2D eigenvalue weighted by Gasteiger charge is 2.33. The fourth-order valence-corrected chi connectivity index (χ4v) is 3.42. The Hall–Kier alpha value is -2.38. The molecule has 1 saturated heterocycles. The monoisotopic (exact) mass is 332 g/mol. The van der Waals surface area contributed by atoms with Crippen LogP contribution in [0.3, 0.4) is 0 Å². The van der Waals surface area contributed by atoms with E-state index < -0.39 is 22.2 Å². The summed E-state index contributed by atoms with van der Waals surface area (Å²) in [5, 5.41) is 0. The summed E-state index contributed by atoms with van der Waals surface area (Å²) in [6, 6.07) is 17.2. The van der Waals surface area contributed by atoms with Crippen LogP contribution in [-0.2, 0) is 14.8 Å². The van der Waals surface area contributed by atoms with Gasteiger partial charge in [-0.15, -0.1) is 0 Å². The molecule has 3 rings (SSSR count). The van der Waals surface area contributed by atoms with Crippen molar-refractivity contribution in [1.82, 2.24) is 4.72 Å². The van der Waals surface area contributed by atoms with Gasteiger partial charge in [0.25, 0.3) is 0 Å². The summed E-state index contributed by atoms with van der Waals surface area (Å²) in [4.78, 5) is 13.6. The average molecular weight is 332 g/mol. The first-order valence-electron chi connectivity index (χ1n) is 7.14. The van der Waals surface area contributed by atoms with Crippen molar-refractivity contribution in [2.24, 2.45) is 0 Å². The molecule has 1 heterocycles. The zero-order chi connectivity index (χ0) is 16.3. The summed E-state index contributed by atoms with van der Waals surface area (Å²) in [7, 11) is -3.61. The lowest BCUT2D eigenvalue weighted by Gasteiger charge is -2.13. The van der Waals surface area contributed by atoms with E-state index >= 15 is 0 Å². The molecule has 1 fully saturated rings. The van der Waals surface area contributed by atoms with Gasteiger partial charge in [-0.1, -0.05) is 36.4 Å². The number of sulfonamides is 1. The van der Waals surface area contributed by atoms with Crippen LogP contribution in [0, 0.1) is 0 Å². The molecule has 1 unspecified atom stereocenters. The minimum Gasteiger partial charge on any atom is -0.443 e. The summed E-state index contributed by atoms with van der Waals surface area (Å²) in [6.07, 6.45) is -0.999. The molecule has 1 N–H and O–H groups in total. The second-order valence-corrected chi connectivity index (χ2v) is 6.88. The van der Waals surface area contributed by atoms with E-state index in [0.29, 0.717) is 6.54 Å². The molecule has 7 heteroatoms. The second kappa shape index (κ2) is 6.39. The lowest BCUT2D eigenvalue weighted by atomic mass is 10.3. The molecule has 1 aliphatic heterocycles. The SMILES string of the molecule is O=C1OC(CNS(=O)(=O)c2ccccc2)CN1c1ccccc1. The molecule has 0 radical (unpaired) electrons. The van der Waals surface area contributed by atoms with Gasteiger partial charge in [0.2, 0.25) is 10.0 Å². The molecule has 0 aromatic heterocycles. The number of hydrogen-bond acceptors (Lipinski definition) is 4. The lowest BCUT2D eigenvalue weighted by molar-refractivity contribution is 0.143. The summed E-state index contributed by atoms with van der Waals surface area (Å²) in [6.45, 7) is 0.340. The van der Waals surface area contributed by atoms with Gasteiger partial charge in [-0.2, -0.15) is 0 Å². The maximum absolute atomic E-state index is 12.2. The Morgan fingerprint density at radius 2 is 1.65 bits per heavy atom. The van der Waals surface area contributed by atoms with Gasteiger partial charge in [0.15, 0.2) is 0 Å². The maximum atomic E-state index is 12.2. The lowest BCUT2D eigenvalue weighted by Crippen LogP contribution is -2.34. The third kappa shape index (κ3) is 3.52. The van der Waals surface area contributed by atoms with Gasteiger partial charge in [-0.25, -0.2) is 17.9 Å². The van der Waals surface area contributed by atoms with Crippen molar-refractivity contribution < 1.29 is 17.9 Å². The van der Waals surface area contributed by atoms with Crippen LogP contribution in [0.4, 0.5) is 10.5 Å². The number of rotatable bonds is 5. The van der Waals surface area contributed by atoms with Crippen LogP contribution in [0.2, 0.25) is 0 Å². The number of carbonyl (C=O) groups is 1. The third-order valence-corrected chi connectivity index (χ3v) is 4.94. The number of benzene rings is 2. The molecule has 1 aliphatic rings. The van der Waals surface area contributed by atoms with E-state index in [2.05, 4.69) is 4.72 Å². The Morgan fingerprint density at radius 1 is 1.04 bits per heavy atom. The van der Waals surface area contributed by atoms with Crippen molar-refractivity contribution in [3.63, 3.8) is 0 Å². The largest absolute Gasteiger partial charge is 0.443 e. The van der Waals surface area contributed by atoms with Crippen LogP contribution in [0.1, 0.15) is 0 Å². The van der Waals surface area contributed by atoms with Gasteiger partial charge < -0.3 is 4.74 Å². The summed E-state index contributed by atoms with van der Waals surface area (Å²) in [5.74, 6) is 0. The van der Waals surface area contributed by atoms with Crippen LogP contribution in [0.15, 0.2) is 65.6 Å². The minimum atomic E-state index is -3.61. The predicted octanol–water partition coefficient (Wildman–Crippen LogP) is 1.99. The van der Waals surface area contributed by atoms with Crippen LogP contribution in [-0.4, -0.2) is 33.7 Å². The molecular weight excluding hydrogens is 316 g/mol. The number of hydrogen-bond donors (Lipinski definition) is 1. The quantitative estimate of drug-likeness (QED) is 0.908. The maximum Gasteiger partial charge on any atom is 0.414 e. The van der Waals surface area contributed by atoms with Crippen LogP contribution in [0.5, 0.6) is 0 Å². The number of amides is 1. The fraction of sp³-hybridized carbons (Fsp3) is 0.188. The van der Waals surface area contributed by atoms with E-state index in [-0.39, 0.29) is 11.4 Å². The zero-order valence-electron chi connectivity index (χ0n) is 12.3. The molecule has 2 aromatic rings. The molecule has 120 valence electrons. The van der Waals surface area contributed by atoms with Crippen molar-refractivity contribution in [2.45, 2.75) is 11.0 Å². The van der Waals surface area contributed by atoms with Gasteiger partial charge >= 0.3 is 6.09 Å². The van der Waals surface area contributed by atoms with Crippen LogP contribution in [0.25, 0.3) is 0 Å². The summed E-state index contributed by atoms with van der Waals surface area (Å²) < 4.78 is 32.0. The predicted molar refractivity (Wildman–Crippen MR) is 85.7 cm³/mol. The Labute approximate surface area is 134 Å². The number of nitrogens with zero attached hydrogens (tertiary/aromatic N) is 1. The number of ether oxygens (including phenoxy) is 1. The van der Waals surface area contributed by atoms with E-state index in [1.165, 1.54) is 17.0 Å².